The normalized spacial score (nSPS) is 13.1. The molecule has 2 nitrogen and oxygen atoms in total. The molecule has 2 heterocycles. The van der Waals surface area contributed by atoms with Gasteiger partial charge in [-0.25, -0.2) is 0 Å². The van der Waals surface area contributed by atoms with Crippen LogP contribution in [0.4, 0.5) is 17.1 Å². The van der Waals surface area contributed by atoms with Gasteiger partial charge in [-0.05, 0) is 118 Å². The van der Waals surface area contributed by atoms with Crippen LogP contribution in [0.5, 0.6) is 0 Å². The van der Waals surface area contributed by atoms with Gasteiger partial charge in [0.25, 0.3) is 0 Å². The molecule has 0 fully saturated rings. The molecule has 3 heteroatoms. The van der Waals surface area contributed by atoms with Gasteiger partial charge in [-0.1, -0.05) is 137 Å². The summed E-state index contributed by atoms with van der Waals surface area (Å²) in [4.78, 5) is 2.46. The maximum atomic E-state index is 6.32. The first-order valence-corrected chi connectivity index (χ1v) is 21.4. The Hall–Kier alpha value is -6.42. The molecule has 0 N–H and O–H groups in total. The molecule has 0 bridgehead atoms. The number of benzene rings is 8. The second-order valence-corrected chi connectivity index (χ2v) is 17.2. The SMILES string of the molecule is CCc1cc(N(c2ccc(-c3ccccc3)cc2)c2ccc3c(c2)C(C)(C)c2ccc4c(sc5ccccc54)c2-3)ccc1-c1ccc2oc3ccccc3c2c1CC. The van der Waals surface area contributed by atoms with Gasteiger partial charge in [-0.3, -0.25) is 0 Å². The lowest BCUT2D eigenvalue weighted by Gasteiger charge is -2.29. The van der Waals surface area contributed by atoms with Gasteiger partial charge in [0.05, 0.1) is 0 Å². The highest BCUT2D eigenvalue weighted by Crippen LogP contribution is 2.55. The predicted molar refractivity (Wildman–Crippen MR) is 248 cm³/mol. The number of nitrogens with zero attached hydrogens (tertiary/aromatic N) is 1. The van der Waals surface area contributed by atoms with Crippen LogP contribution >= 0.6 is 11.3 Å². The average molecular weight is 766 g/mol. The summed E-state index contributed by atoms with van der Waals surface area (Å²) in [6.45, 7) is 9.34. The Balaban J connectivity index is 1.08. The molecule has 0 saturated heterocycles. The molecule has 280 valence electrons. The number of para-hydroxylation sites is 1. The lowest BCUT2D eigenvalue weighted by Crippen LogP contribution is -2.16. The fourth-order valence-corrected chi connectivity index (χ4v) is 11.1. The summed E-state index contributed by atoms with van der Waals surface area (Å²) in [6.07, 6.45) is 1.83. The molecular weight excluding hydrogens is 723 g/mol. The molecule has 8 aromatic carbocycles. The molecule has 0 spiro atoms. The maximum absolute atomic E-state index is 6.32. The van der Waals surface area contributed by atoms with E-state index in [1.54, 1.807) is 0 Å². The van der Waals surface area contributed by atoms with Crippen LogP contribution in [0.25, 0.3) is 75.5 Å². The smallest absolute Gasteiger partial charge is 0.135 e. The molecule has 1 aliphatic rings. The molecule has 1 aliphatic carbocycles. The number of hydrogen-bond donors (Lipinski definition) is 0. The fourth-order valence-electron chi connectivity index (χ4n) is 9.79. The molecule has 0 unspecified atom stereocenters. The van der Waals surface area contributed by atoms with Gasteiger partial charge in [0, 0.05) is 59.0 Å². The van der Waals surface area contributed by atoms with Crippen molar-refractivity contribution in [1.82, 2.24) is 0 Å². The van der Waals surface area contributed by atoms with Crippen molar-refractivity contribution < 1.29 is 4.42 Å². The van der Waals surface area contributed by atoms with E-state index in [1.807, 2.05) is 11.3 Å². The Kier molecular flexibility index (Phi) is 8.00. The van der Waals surface area contributed by atoms with Gasteiger partial charge in [0.1, 0.15) is 11.2 Å². The van der Waals surface area contributed by atoms with Gasteiger partial charge in [0.15, 0.2) is 0 Å². The van der Waals surface area contributed by atoms with Crippen LogP contribution in [0, 0.1) is 0 Å². The first kappa shape index (κ1) is 34.8. The van der Waals surface area contributed by atoms with Gasteiger partial charge >= 0.3 is 0 Å². The quantitative estimate of drug-likeness (QED) is 0.161. The minimum absolute atomic E-state index is 0.154. The van der Waals surface area contributed by atoms with Gasteiger partial charge < -0.3 is 9.32 Å². The first-order chi connectivity index (χ1) is 28.4. The van der Waals surface area contributed by atoms with Gasteiger partial charge in [-0.2, -0.15) is 0 Å². The van der Waals surface area contributed by atoms with E-state index in [2.05, 4.69) is 196 Å². The van der Waals surface area contributed by atoms with Crippen molar-refractivity contribution in [2.45, 2.75) is 46.0 Å². The van der Waals surface area contributed by atoms with Crippen molar-refractivity contribution in [2.75, 3.05) is 4.90 Å². The van der Waals surface area contributed by atoms with Crippen molar-refractivity contribution in [3.8, 4) is 33.4 Å². The summed E-state index contributed by atoms with van der Waals surface area (Å²) in [5.41, 5.74) is 18.4. The highest BCUT2D eigenvalue weighted by Gasteiger charge is 2.38. The Labute approximate surface area is 343 Å². The zero-order valence-electron chi connectivity index (χ0n) is 33.3. The number of thiophene rings is 1. The van der Waals surface area contributed by atoms with Crippen LogP contribution in [0.1, 0.15) is 49.9 Å². The van der Waals surface area contributed by atoms with Crippen molar-refractivity contribution in [2.24, 2.45) is 0 Å². The van der Waals surface area contributed by atoms with E-state index in [1.165, 1.54) is 86.6 Å². The van der Waals surface area contributed by atoms with Crippen LogP contribution < -0.4 is 4.90 Å². The zero-order chi connectivity index (χ0) is 39.1. The Morgan fingerprint density at radius 3 is 1.98 bits per heavy atom. The second kappa shape index (κ2) is 13.3. The summed E-state index contributed by atoms with van der Waals surface area (Å²) in [6, 6.07) is 60.5. The minimum atomic E-state index is -0.154. The van der Waals surface area contributed by atoms with Crippen molar-refractivity contribution in [3.05, 3.63) is 186 Å². The Morgan fingerprint density at radius 2 is 1.19 bits per heavy atom. The average Bonchev–Trinajstić information content (AvgIpc) is 3.91. The van der Waals surface area contributed by atoms with E-state index < -0.39 is 0 Å². The number of rotatable bonds is 7. The summed E-state index contributed by atoms with van der Waals surface area (Å²) in [5.74, 6) is 0. The Morgan fingerprint density at radius 1 is 0.517 bits per heavy atom. The van der Waals surface area contributed by atoms with Crippen molar-refractivity contribution in [1.29, 1.82) is 0 Å². The fraction of sp³-hybridized carbons (Fsp3) is 0.127. The van der Waals surface area contributed by atoms with E-state index in [9.17, 15) is 0 Å². The summed E-state index contributed by atoms with van der Waals surface area (Å²) in [7, 11) is 0. The molecule has 0 aliphatic heterocycles. The van der Waals surface area contributed by atoms with E-state index in [4.69, 9.17) is 4.42 Å². The topological polar surface area (TPSA) is 16.4 Å². The molecule has 10 aromatic rings. The van der Waals surface area contributed by atoms with Crippen LogP contribution in [0.15, 0.2) is 168 Å². The van der Waals surface area contributed by atoms with Crippen molar-refractivity contribution in [3.63, 3.8) is 0 Å². The van der Waals surface area contributed by atoms with Crippen molar-refractivity contribution >= 4 is 70.5 Å². The van der Waals surface area contributed by atoms with Crippen LogP contribution in [0.2, 0.25) is 0 Å². The molecule has 2 aromatic heterocycles. The highest BCUT2D eigenvalue weighted by atomic mass is 32.1. The lowest BCUT2D eigenvalue weighted by atomic mass is 9.82. The van der Waals surface area contributed by atoms with E-state index in [-0.39, 0.29) is 5.41 Å². The molecule has 58 heavy (non-hydrogen) atoms. The maximum Gasteiger partial charge on any atom is 0.135 e. The summed E-state index contributed by atoms with van der Waals surface area (Å²) >= 11 is 1.93. The standard InChI is InChI=1S/C55H43NOS/c1-5-34-32-38(24-26-41(34)42-29-31-50-52(40(42)6-2)46-17-10-12-18-49(46)57-50)56(37-22-20-36(21-23-37)35-14-8-7-9-15-35)39-25-27-45-48(33-39)55(3,4)47-30-28-44-43-16-11-13-19-51(43)58-54(44)53(45)47/h7-33H,5-6H2,1-4H3. The monoisotopic (exact) mass is 765 g/mol. The third-order valence-electron chi connectivity index (χ3n) is 12.7. The molecule has 0 amide bonds. The van der Waals surface area contributed by atoms with Gasteiger partial charge in [-0.15, -0.1) is 11.3 Å². The zero-order valence-corrected chi connectivity index (χ0v) is 34.1. The Bertz CT molecular complexity index is 3220. The molecule has 0 radical (unpaired) electrons. The lowest BCUT2D eigenvalue weighted by molar-refractivity contribution is 0.661. The van der Waals surface area contributed by atoms with E-state index in [0.29, 0.717) is 0 Å². The van der Waals surface area contributed by atoms with Gasteiger partial charge in [0.2, 0.25) is 0 Å². The predicted octanol–water partition coefficient (Wildman–Crippen LogP) is 16.2. The number of fused-ring (bicyclic) bond motifs is 10. The number of furan rings is 1. The summed E-state index contributed by atoms with van der Waals surface area (Å²) in [5, 5.41) is 5.12. The number of hydrogen-bond acceptors (Lipinski definition) is 3. The molecule has 0 atom stereocenters. The second-order valence-electron chi connectivity index (χ2n) is 16.2. The third kappa shape index (κ3) is 5.23. The van der Waals surface area contributed by atoms with Crippen LogP contribution in [-0.2, 0) is 18.3 Å². The molecule has 0 saturated carbocycles. The van der Waals surface area contributed by atoms with Crippen LogP contribution in [-0.4, -0.2) is 0 Å². The third-order valence-corrected chi connectivity index (χ3v) is 13.9. The largest absolute Gasteiger partial charge is 0.456 e. The minimum Gasteiger partial charge on any atom is -0.456 e. The number of anilines is 3. The molecular formula is C55H43NOS. The first-order valence-electron chi connectivity index (χ1n) is 20.5. The van der Waals surface area contributed by atoms with E-state index in [0.717, 1.165) is 41.1 Å². The molecule has 11 rings (SSSR count). The highest BCUT2D eigenvalue weighted by molar-refractivity contribution is 7.26. The van der Waals surface area contributed by atoms with Crippen LogP contribution in [0.3, 0.4) is 0 Å². The van der Waals surface area contributed by atoms with E-state index >= 15 is 0 Å². The summed E-state index contributed by atoms with van der Waals surface area (Å²) < 4.78 is 9.06. The number of aryl methyl sites for hydroxylation is 2.